The predicted molar refractivity (Wildman–Crippen MR) is 98.3 cm³/mol. The summed E-state index contributed by atoms with van der Waals surface area (Å²) in [7, 11) is -16.9. The minimum atomic E-state index is -5.78. The molecule has 2 unspecified atom stereocenters. The molecule has 1 fully saturated rings. The number of halogens is 1. The zero-order valence-corrected chi connectivity index (χ0v) is 18.4. The molecule has 1 aromatic rings. The van der Waals surface area contributed by atoms with E-state index in [0.717, 1.165) is 10.8 Å². The Morgan fingerprint density at radius 1 is 1.19 bits per heavy atom. The van der Waals surface area contributed by atoms with Gasteiger partial charge >= 0.3 is 29.2 Å². The van der Waals surface area contributed by atoms with Crippen molar-refractivity contribution >= 4 is 40.9 Å². The number of nitrogens with zero attached hydrogens (tertiary/aromatic N) is 2. The second-order valence-corrected chi connectivity index (χ2v) is 10.7. The first-order valence-electron chi connectivity index (χ1n) is 7.74. The number of alkyl halides is 1. The van der Waals surface area contributed by atoms with Crippen LogP contribution in [0.3, 0.4) is 0 Å². The second-order valence-electron chi connectivity index (χ2n) is 6.05. The number of aliphatic hydroxyl groups is 2. The predicted octanol–water partition coefficient (Wildman–Crippen LogP) is -1.60. The fraction of sp³-hybridized carbons (Fsp3) is 0.600. The van der Waals surface area contributed by atoms with Gasteiger partial charge in [0.2, 0.25) is 0 Å². The van der Waals surface area contributed by atoms with Crippen molar-refractivity contribution < 1.29 is 61.4 Å². The first kappa shape index (κ1) is 26.5. The molecule has 178 valence electrons. The minimum Gasteiger partial charge on any atom is -0.387 e. The molecule has 2 rings (SSSR count). The number of aliphatic hydroxyl groups excluding tert-OH is 2. The van der Waals surface area contributed by atoms with Crippen molar-refractivity contribution in [2.45, 2.75) is 24.0 Å². The highest BCUT2D eigenvalue weighted by Crippen LogP contribution is 2.66. The Balaban J connectivity index is 2.20. The Labute approximate surface area is 177 Å². The first-order chi connectivity index (χ1) is 14.0. The summed E-state index contributed by atoms with van der Waals surface area (Å²) in [5, 5.41) is 20.6. The van der Waals surface area contributed by atoms with Gasteiger partial charge < -0.3 is 40.3 Å². The standard InChI is InChI=1S/C10H17ClN3O14P3/c11-3-10(4-25-30(21,22)28-31(23,24)27-29(18,19)20)7(16)6(15)8(26-10)14-2-1-5(12)13-9(14)17/h1-2,6-8,15-16H,3-4H2,(H,21,22)(H,23,24)(H2,12,13,17)(H2,18,19,20)/t6-,7-,8+,10+/m0/s1. The van der Waals surface area contributed by atoms with E-state index < -0.39 is 65.7 Å². The molecule has 21 heteroatoms. The molecule has 8 N–H and O–H groups in total. The number of phosphoric acid groups is 3. The molecule has 2 heterocycles. The molecule has 0 amide bonds. The van der Waals surface area contributed by atoms with E-state index in [1.807, 2.05) is 0 Å². The van der Waals surface area contributed by atoms with E-state index in [1.165, 1.54) is 6.07 Å². The highest BCUT2D eigenvalue weighted by molar-refractivity contribution is 7.66. The highest BCUT2D eigenvalue weighted by Gasteiger charge is 2.56. The molecule has 0 aliphatic carbocycles. The lowest BCUT2D eigenvalue weighted by atomic mass is 9.98. The van der Waals surface area contributed by atoms with Gasteiger partial charge in [-0.05, 0) is 6.07 Å². The van der Waals surface area contributed by atoms with Crippen molar-refractivity contribution in [1.29, 1.82) is 0 Å². The van der Waals surface area contributed by atoms with Gasteiger partial charge in [-0.15, -0.1) is 11.6 Å². The number of ether oxygens (including phenoxy) is 1. The smallest absolute Gasteiger partial charge is 0.387 e. The Hall–Kier alpha value is -0.740. The van der Waals surface area contributed by atoms with Crippen LogP contribution in [0, 0.1) is 0 Å². The number of anilines is 1. The fourth-order valence-electron chi connectivity index (χ4n) is 2.45. The van der Waals surface area contributed by atoms with Crippen LogP contribution in [0.4, 0.5) is 5.82 Å². The van der Waals surface area contributed by atoms with Crippen LogP contribution in [0.25, 0.3) is 0 Å². The van der Waals surface area contributed by atoms with E-state index in [2.05, 4.69) is 18.1 Å². The Morgan fingerprint density at radius 3 is 2.32 bits per heavy atom. The lowest BCUT2D eigenvalue weighted by Crippen LogP contribution is -2.48. The number of rotatable bonds is 9. The number of hydrogen-bond acceptors (Lipinski definition) is 12. The summed E-state index contributed by atoms with van der Waals surface area (Å²) in [5.41, 5.74) is 2.23. The number of nitrogen functional groups attached to an aromatic ring is 1. The molecule has 0 bridgehead atoms. The van der Waals surface area contributed by atoms with Gasteiger partial charge in [-0.2, -0.15) is 13.6 Å². The number of nitrogens with two attached hydrogens (primary N) is 1. The number of phosphoric ester groups is 1. The summed E-state index contributed by atoms with van der Waals surface area (Å²) < 4.78 is 51.5. The van der Waals surface area contributed by atoms with Crippen molar-refractivity contribution in [2.24, 2.45) is 0 Å². The van der Waals surface area contributed by atoms with Crippen LogP contribution in [-0.4, -0.2) is 69.6 Å². The zero-order valence-electron chi connectivity index (χ0n) is 14.9. The van der Waals surface area contributed by atoms with Crippen LogP contribution in [-0.2, 0) is 31.6 Å². The molecule has 1 saturated heterocycles. The summed E-state index contributed by atoms with van der Waals surface area (Å²) >= 11 is 5.75. The molecule has 6 atom stereocenters. The van der Waals surface area contributed by atoms with Crippen LogP contribution in [0.1, 0.15) is 6.23 Å². The normalized spacial score (nSPS) is 30.6. The van der Waals surface area contributed by atoms with Crippen LogP contribution >= 0.6 is 35.1 Å². The summed E-state index contributed by atoms with van der Waals surface area (Å²) in [6.07, 6.45) is -4.27. The maximum atomic E-state index is 12.0. The molecule has 0 saturated carbocycles. The van der Waals surface area contributed by atoms with Gasteiger partial charge in [0.25, 0.3) is 0 Å². The SMILES string of the molecule is Nc1ccn([C@@H]2O[C@](CCl)(COP(=O)(O)OP(=O)(O)OP(=O)(O)O)[C@@H](O)[C@@H]2O)c(=O)n1. The first-order valence-corrected chi connectivity index (χ1v) is 12.8. The summed E-state index contributed by atoms with van der Waals surface area (Å²) in [6.45, 7) is -1.16. The molecule has 31 heavy (non-hydrogen) atoms. The van der Waals surface area contributed by atoms with Crippen molar-refractivity contribution in [3.05, 3.63) is 22.7 Å². The van der Waals surface area contributed by atoms with Crippen LogP contribution < -0.4 is 11.4 Å². The lowest BCUT2D eigenvalue weighted by Gasteiger charge is -2.30. The van der Waals surface area contributed by atoms with Crippen LogP contribution in [0.15, 0.2) is 17.1 Å². The molecular formula is C10H17ClN3O14P3. The molecule has 1 aliphatic rings. The third kappa shape index (κ3) is 6.63. The van der Waals surface area contributed by atoms with Crippen molar-refractivity contribution in [3.8, 4) is 0 Å². The van der Waals surface area contributed by atoms with Crippen LogP contribution in [0.5, 0.6) is 0 Å². The molecule has 0 spiro atoms. The molecule has 0 aromatic carbocycles. The summed E-state index contributed by atoms with van der Waals surface area (Å²) in [5.74, 6) is -0.847. The van der Waals surface area contributed by atoms with Gasteiger partial charge in [0.05, 0.1) is 12.5 Å². The van der Waals surface area contributed by atoms with Crippen molar-refractivity contribution in [3.63, 3.8) is 0 Å². The largest absolute Gasteiger partial charge is 0.490 e. The third-order valence-corrected chi connectivity index (χ3v) is 7.98. The highest BCUT2D eigenvalue weighted by atomic mass is 35.5. The molecule has 0 radical (unpaired) electrons. The molecule has 17 nitrogen and oxygen atoms in total. The maximum Gasteiger partial charge on any atom is 0.490 e. The van der Waals surface area contributed by atoms with Crippen molar-refractivity contribution in [1.82, 2.24) is 9.55 Å². The average molecular weight is 532 g/mol. The Bertz CT molecular complexity index is 1020. The van der Waals surface area contributed by atoms with E-state index >= 15 is 0 Å². The van der Waals surface area contributed by atoms with Gasteiger partial charge in [0, 0.05) is 6.20 Å². The monoisotopic (exact) mass is 531 g/mol. The lowest BCUT2D eigenvalue weighted by molar-refractivity contribution is -0.113. The Kier molecular flexibility index (Phi) is 7.91. The second kappa shape index (κ2) is 9.25. The summed E-state index contributed by atoms with van der Waals surface area (Å²) in [6, 6.07) is 1.18. The van der Waals surface area contributed by atoms with E-state index in [9.17, 15) is 33.6 Å². The van der Waals surface area contributed by atoms with Gasteiger partial charge in [-0.1, -0.05) is 0 Å². The summed E-state index contributed by atoms with van der Waals surface area (Å²) in [4.78, 5) is 51.1. The van der Waals surface area contributed by atoms with E-state index in [-0.39, 0.29) is 5.82 Å². The van der Waals surface area contributed by atoms with Gasteiger partial charge in [-0.25, -0.2) is 18.5 Å². The van der Waals surface area contributed by atoms with E-state index in [0.29, 0.717) is 0 Å². The maximum absolute atomic E-state index is 12.0. The van der Waals surface area contributed by atoms with Gasteiger partial charge in [0.15, 0.2) is 6.23 Å². The zero-order chi connectivity index (χ0) is 23.8. The quantitative estimate of drug-likeness (QED) is 0.139. The van der Waals surface area contributed by atoms with E-state index in [1.54, 1.807) is 0 Å². The molecule has 1 aliphatic heterocycles. The molecular weight excluding hydrogens is 514 g/mol. The number of aromatic nitrogens is 2. The minimum absolute atomic E-state index is 0.148. The number of hydrogen-bond donors (Lipinski definition) is 7. The molecule has 1 aromatic heterocycles. The Morgan fingerprint density at radius 2 is 1.81 bits per heavy atom. The van der Waals surface area contributed by atoms with Gasteiger partial charge in [-0.3, -0.25) is 9.09 Å². The van der Waals surface area contributed by atoms with Gasteiger partial charge in [0.1, 0.15) is 23.6 Å². The van der Waals surface area contributed by atoms with Crippen molar-refractivity contribution in [2.75, 3.05) is 18.2 Å². The van der Waals surface area contributed by atoms with E-state index in [4.69, 9.17) is 36.8 Å². The van der Waals surface area contributed by atoms with Crippen LogP contribution in [0.2, 0.25) is 0 Å². The topological polar surface area (TPSA) is 270 Å². The fourth-order valence-corrected chi connectivity index (χ4v) is 5.83. The average Bonchev–Trinajstić information content (AvgIpc) is 2.82. The third-order valence-electron chi connectivity index (χ3n) is 3.75.